The first-order chi connectivity index (χ1) is 11.0. The van der Waals surface area contributed by atoms with Crippen molar-refractivity contribution >= 4 is 0 Å². The van der Waals surface area contributed by atoms with Gasteiger partial charge in [0.2, 0.25) is 0 Å². The van der Waals surface area contributed by atoms with Crippen molar-refractivity contribution < 1.29 is 5.11 Å². The van der Waals surface area contributed by atoms with Gasteiger partial charge in [-0.1, -0.05) is 48.5 Å². The van der Waals surface area contributed by atoms with Gasteiger partial charge in [-0.05, 0) is 50.1 Å². The van der Waals surface area contributed by atoms with Crippen molar-refractivity contribution in [2.45, 2.75) is 92.6 Å². The molecule has 2 unspecified atom stereocenters. The molecule has 1 aliphatic heterocycles. The zero-order valence-electron chi connectivity index (χ0n) is 17.6. The van der Waals surface area contributed by atoms with E-state index < -0.39 is 6.23 Å². The highest BCUT2D eigenvalue weighted by Gasteiger charge is 2.44. The highest BCUT2D eigenvalue weighted by Crippen LogP contribution is 2.45. The topological polar surface area (TPSA) is 47.5 Å². The van der Waals surface area contributed by atoms with Crippen molar-refractivity contribution in [2.75, 3.05) is 20.1 Å². The molecule has 144 valence electrons. The minimum Gasteiger partial charge on any atom is -0.377 e. The van der Waals surface area contributed by atoms with Crippen LogP contribution in [0, 0.1) is 16.7 Å². The van der Waals surface area contributed by atoms with E-state index in [9.17, 15) is 5.11 Å². The van der Waals surface area contributed by atoms with Gasteiger partial charge < -0.3 is 10.4 Å². The lowest BCUT2D eigenvalue weighted by Gasteiger charge is -2.53. The Kier molecular flexibility index (Phi) is 7.73. The van der Waals surface area contributed by atoms with E-state index in [0.29, 0.717) is 22.8 Å². The summed E-state index contributed by atoms with van der Waals surface area (Å²) in [6.07, 6.45) is 1.63. The highest BCUT2D eigenvalue weighted by atomic mass is 16.3. The third-order valence-electron chi connectivity index (χ3n) is 6.82. The average Bonchev–Trinajstić information content (AvgIpc) is 2.48. The average molecular weight is 342 g/mol. The second-order valence-electron chi connectivity index (χ2n) is 9.41. The first-order valence-electron chi connectivity index (χ1n) is 9.82. The van der Waals surface area contributed by atoms with Crippen LogP contribution in [-0.2, 0) is 0 Å². The Morgan fingerprint density at radius 2 is 1.67 bits per heavy atom. The van der Waals surface area contributed by atoms with Crippen LogP contribution >= 0.6 is 0 Å². The van der Waals surface area contributed by atoms with E-state index >= 15 is 0 Å². The number of nitrogens with one attached hydrogen (secondary N) is 2. The number of hydrogen-bond donors (Lipinski definition) is 3. The van der Waals surface area contributed by atoms with Crippen LogP contribution in [0.1, 0.15) is 68.2 Å². The van der Waals surface area contributed by atoms with E-state index in [2.05, 4.69) is 70.9 Å². The summed E-state index contributed by atoms with van der Waals surface area (Å²) in [5.74, 6) is 0.474. The molecule has 24 heavy (non-hydrogen) atoms. The van der Waals surface area contributed by atoms with E-state index in [4.69, 9.17) is 0 Å². The Bertz CT molecular complexity index is 377. The number of likely N-dealkylation sites (N-methyl/N-ethyl adjacent to an activating group) is 1. The van der Waals surface area contributed by atoms with Crippen LogP contribution in [0.3, 0.4) is 0 Å². The molecule has 4 atom stereocenters. The second-order valence-corrected chi connectivity index (χ2v) is 9.41. The summed E-state index contributed by atoms with van der Waals surface area (Å²) < 4.78 is 0. The maximum Gasteiger partial charge on any atom is 0.120 e. The fourth-order valence-electron chi connectivity index (χ4n) is 3.92. The van der Waals surface area contributed by atoms with E-state index in [0.717, 1.165) is 19.5 Å². The summed E-state index contributed by atoms with van der Waals surface area (Å²) in [6.45, 7) is 20.8. The van der Waals surface area contributed by atoms with Gasteiger partial charge in [0.15, 0.2) is 0 Å². The van der Waals surface area contributed by atoms with Gasteiger partial charge in [-0.2, -0.15) is 0 Å². The monoisotopic (exact) mass is 341 g/mol. The van der Waals surface area contributed by atoms with E-state index in [1.807, 2.05) is 7.05 Å². The molecule has 4 nitrogen and oxygen atoms in total. The normalized spacial score (nSPS) is 26.1. The van der Waals surface area contributed by atoms with Crippen molar-refractivity contribution in [3.63, 3.8) is 0 Å². The Morgan fingerprint density at radius 3 is 2.08 bits per heavy atom. The van der Waals surface area contributed by atoms with E-state index in [-0.39, 0.29) is 12.1 Å². The van der Waals surface area contributed by atoms with Crippen molar-refractivity contribution in [3.05, 3.63) is 0 Å². The third kappa shape index (κ3) is 4.94. The maximum atomic E-state index is 10.6. The standard InChI is InChI=1S/C20H43N3O/c1-10-16(21-9)18(24)22-17(14(2)3)15(4)23-12-11-19(5,6)20(7,8)13-23/h14-18,21-22,24H,10-13H2,1-9H3/t15-,16?,17-,18?/m1/s1. The molecule has 0 radical (unpaired) electrons. The number of hydrogen-bond acceptors (Lipinski definition) is 4. The molecule has 4 heteroatoms. The van der Waals surface area contributed by atoms with Crippen LogP contribution in [0.25, 0.3) is 0 Å². The number of nitrogens with zero attached hydrogens (tertiary/aromatic N) is 1. The van der Waals surface area contributed by atoms with Crippen LogP contribution in [0.5, 0.6) is 0 Å². The lowest BCUT2D eigenvalue weighted by molar-refractivity contribution is -0.0370. The summed E-state index contributed by atoms with van der Waals surface area (Å²) in [5.41, 5.74) is 0.680. The molecule has 0 aromatic carbocycles. The van der Waals surface area contributed by atoms with Gasteiger partial charge in [0.05, 0.1) is 0 Å². The Morgan fingerprint density at radius 1 is 1.08 bits per heavy atom. The Balaban J connectivity index is 2.82. The number of aliphatic hydroxyl groups excluding tert-OH is 1. The number of piperidine rings is 1. The molecule has 1 rings (SSSR count). The predicted octanol–water partition coefficient (Wildman–Crippen LogP) is 3.06. The predicted molar refractivity (Wildman–Crippen MR) is 104 cm³/mol. The molecule has 0 amide bonds. The van der Waals surface area contributed by atoms with E-state index in [1.54, 1.807) is 0 Å². The molecule has 3 N–H and O–H groups in total. The fourth-order valence-corrected chi connectivity index (χ4v) is 3.92. The number of likely N-dealkylation sites (tertiary alicyclic amines) is 1. The zero-order chi connectivity index (χ0) is 18.7. The summed E-state index contributed by atoms with van der Waals surface area (Å²) in [5, 5.41) is 17.3. The van der Waals surface area contributed by atoms with E-state index in [1.165, 1.54) is 6.42 Å². The second kappa shape index (κ2) is 8.48. The van der Waals surface area contributed by atoms with Crippen molar-refractivity contribution in [1.82, 2.24) is 15.5 Å². The molecule has 0 saturated carbocycles. The number of aliphatic hydroxyl groups is 1. The molecular weight excluding hydrogens is 298 g/mol. The highest BCUT2D eigenvalue weighted by molar-refractivity contribution is 4.97. The summed E-state index contributed by atoms with van der Waals surface area (Å²) in [7, 11) is 1.92. The molecule has 0 aromatic rings. The molecular formula is C20H43N3O. The first kappa shape index (κ1) is 21.9. The Hall–Kier alpha value is -0.160. The minimum absolute atomic E-state index is 0.0928. The molecule has 0 bridgehead atoms. The van der Waals surface area contributed by atoms with Gasteiger partial charge in [0.1, 0.15) is 6.23 Å². The Labute approximate surface area is 150 Å². The molecule has 1 saturated heterocycles. The van der Waals surface area contributed by atoms with Crippen LogP contribution in [-0.4, -0.2) is 54.5 Å². The summed E-state index contributed by atoms with van der Waals surface area (Å²) in [6, 6.07) is 0.777. The molecule has 1 fully saturated rings. The van der Waals surface area contributed by atoms with Crippen LogP contribution in [0.15, 0.2) is 0 Å². The van der Waals surface area contributed by atoms with Gasteiger partial charge in [0, 0.05) is 24.7 Å². The summed E-state index contributed by atoms with van der Waals surface area (Å²) >= 11 is 0. The molecule has 1 heterocycles. The lowest BCUT2D eigenvalue weighted by atomic mass is 9.63. The third-order valence-corrected chi connectivity index (χ3v) is 6.82. The first-order valence-corrected chi connectivity index (χ1v) is 9.82. The van der Waals surface area contributed by atoms with Gasteiger partial charge in [0.25, 0.3) is 0 Å². The van der Waals surface area contributed by atoms with Crippen molar-refractivity contribution in [1.29, 1.82) is 0 Å². The van der Waals surface area contributed by atoms with Gasteiger partial charge >= 0.3 is 0 Å². The summed E-state index contributed by atoms with van der Waals surface area (Å²) in [4.78, 5) is 2.62. The van der Waals surface area contributed by atoms with Gasteiger partial charge in [-0.25, -0.2) is 0 Å². The zero-order valence-corrected chi connectivity index (χ0v) is 17.6. The van der Waals surface area contributed by atoms with Gasteiger partial charge in [-0.15, -0.1) is 0 Å². The largest absolute Gasteiger partial charge is 0.377 e. The van der Waals surface area contributed by atoms with Crippen LogP contribution < -0.4 is 10.6 Å². The number of rotatable bonds is 8. The lowest BCUT2D eigenvalue weighted by Crippen LogP contribution is -2.61. The quantitative estimate of drug-likeness (QED) is 0.594. The van der Waals surface area contributed by atoms with Crippen LogP contribution in [0.4, 0.5) is 0 Å². The van der Waals surface area contributed by atoms with Gasteiger partial charge in [-0.3, -0.25) is 10.2 Å². The minimum atomic E-state index is -0.510. The van der Waals surface area contributed by atoms with Crippen LogP contribution in [0.2, 0.25) is 0 Å². The molecule has 0 aliphatic carbocycles. The molecule has 0 spiro atoms. The van der Waals surface area contributed by atoms with Crippen molar-refractivity contribution in [3.8, 4) is 0 Å². The maximum absolute atomic E-state index is 10.6. The molecule has 1 aliphatic rings. The molecule has 0 aromatic heterocycles. The fraction of sp³-hybridized carbons (Fsp3) is 1.00. The van der Waals surface area contributed by atoms with Crippen molar-refractivity contribution in [2.24, 2.45) is 16.7 Å². The SMILES string of the molecule is CCC(NC)C(O)N[C@H](C(C)C)[C@@H](C)N1CCC(C)(C)C(C)(C)C1. The smallest absolute Gasteiger partial charge is 0.120 e.